The van der Waals surface area contributed by atoms with Crippen LogP contribution in [0.3, 0.4) is 0 Å². The van der Waals surface area contributed by atoms with Crippen LogP contribution in [0.5, 0.6) is 0 Å². The van der Waals surface area contributed by atoms with E-state index >= 15 is 0 Å². The lowest BCUT2D eigenvalue weighted by atomic mass is 9.99. The summed E-state index contributed by atoms with van der Waals surface area (Å²) >= 11 is 0. The third-order valence-electron chi connectivity index (χ3n) is 2.28. The molecule has 2 atom stereocenters. The molecule has 0 fully saturated rings. The number of carbonyl (C=O) groups excluding carboxylic acids is 1. The molecule has 0 aliphatic carbocycles. The second-order valence-electron chi connectivity index (χ2n) is 3.33. The summed E-state index contributed by atoms with van der Waals surface area (Å²) in [5.74, 6) is 0.197. The molecule has 82 valence electrons. The lowest BCUT2D eigenvalue weighted by molar-refractivity contribution is -0.104. The lowest BCUT2D eigenvalue weighted by Crippen LogP contribution is -2.11. The molecule has 0 aliphatic rings. The second-order valence-corrected chi connectivity index (χ2v) is 3.33. The third-order valence-corrected chi connectivity index (χ3v) is 2.28. The SMILES string of the molecule is C=CC(/C=C\C(C)C(CC)N=N)=C\C=O. The molecule has 0 saturated heterocycles. The first-order valence-corrected chi connectivity index (χ1v) is 5.02. The van der Waals surface area contributed by atoms with Crippen molar-refractivity contribution >= 4 is 6.29 Å². The van der Waals surface area contributed by atoms with Gasteiger partial charge in [0.1, 0.15) is 6.29 Å². The van der Waals surface area contributed by atoms with Crippen molar-refractivity contribution in [2.24, 2.45) is 11.0 Å². The number of hydrogen-bond acceptors (Lipinski definition) is 3. The van der Waals surface area contributed by atoms with Gasteiger partial charge in [-0.2, -0.15) is 5.11 Å². The normalized spacial score (nSPS) is 16.0. The number of allylic oxidation sites excluding steroid dienone is 4. The Kier molecular flexibility index (Phi) is 7.06. The molecule has 0 aromatic rings. The van der Waals surface area contributed by atoms with Crippen molar-refractivity contribution in [2.75, 3.05) is 0 Å². The van der Waals surface area contributed by atoms with Gasteiger partial charge in [-0.3, -0.25) is 4.79 Å². The minimum Gasteiger partial charge on any atom is -0.299 e. The average molecular weight is 206 g/mol. The smallest absolute Gasteiger partial charge is 0.143 e. The highest BCUT2D eigenvalue weighted by atomic mass is 16.1. The average Bonchev–Trinajstić information content (AvgIpc) is 2.25. The minimum atomic E-state index is 0.0172. The van der Waals surface area contributed by atoms with Gasteiger partial charge < -0.3 is 0 Å². The van der Waals surface area contributed by atoms with Gasteiger partial charge in [0.05, 0.1) is 6.04 Å². The highest BCUT2D eigenvalue weighted by Crippen LogP contribution is 2.13. The van der Waals surface area contributed by atoms with Crippen LogP contribution in [0.1, 0.15) is 20.3 Å². The van der Waals surface area contributed by atoms with Crippen LogP contribution in [0.25, 0.3) is 0 Å². The zero-order valence-corrected chi connectivity index (χ0v) is 9.31. The molecule has 0 bridgehead atoms. The van der Waals surface area contributed by atoms with Crippen LogP contribution in [0.4, 0.5) is 0 Å². The Labute approximate surface area is 91.1 Å². The Bertz CT molecular complexity index is 279. The van der Waals surface area contributed by atoms with E-state index in [4.69, 9.17) is 5.53 Å². The fourth-order valence-corrected chi connectivity index (χ4v) is 1.24. The van der Waals surface area contributed by atoms with Crippen molar-refractivity contribution in [3.05, 3.63) is 36.5 Å². The Balaban J connectivity index is 4.49. The summed E-state index contributed by atoms with van der Waals surface area (Å²) in [6, 6.07) is 0.0172. The van der Waals surface area contributed by atoms with Gasteiger partial charge in [0, 0.05) is 0 Å². The highest BCUT2D eigenvalue weighted by Gasteiger charge is 2.10. The number of hydrogen-bond donors (Lipinski definition) is 1. The van der Waals surface area contributed by atoms with E-state index in [1.165, 1.54) is 6.08 Å². The maximum absolute atomic E-state index is 10.3. The van der Waals surface area contributed by atoms with Crippen molar-refractivity contribution in [2.45, 2.75) is 26.3 Å². The molecule has 0 saturated carbocycles. The van der Waals surface area contributed by atoms with Gasteiger partial charge in [0.25, 0.3) is 0 Å². The van der Waals surface area contributed by atoms with Crippen molar-refractivity contribution in [3.8, 4) is 0 Å². The zero-order chi connectivity index (χ0) is 11.7. The number of nitrogens with zero attached hydrogens (tertiary/aromatic N) is 1. The number of aldehydes is 1. The Morgan fingerprint density at radius 2 is 2.27 bits per heavy atom. The maximum Gasteiger partial charge on any atom is 0.143 e. The predicted octanol–water partition coefficient (Wildman–Crippen LogP) is 3.30. The van der Waals surface area contributed by atoms with Crippen molar-refractivity contribution in [1.82, 2.24) is 0 Å². The third kappa shape index (κ3) is 5.05. The molecular formula is C12H18N2O. The van der Waals surface area contributed by atoms with Crippen LogP contribution in [-0.2, 0) is 4.79 Å². The van der Waals surface area contributed by atoms with Crippen molar-refractivity contribution < 1.29 is 4.79 Å². The van der Waals surface area contributed by atoms with Crippen LogP contribution in [-0.4, -0.2) is 12.3 Å². The van der Waals surface area contributed by atoms with E-state index in [2.05, 4.69) is 11.7 Å². The molecule has 0 aliphatic heterocycles. The largest absolute Gasteiger partial charge is 0.299 e. The van der Waals surface area contributed by atoms with Crippen LogP contribution < -0.4 is 0 Å². The van der Waals surface area contributed by atoms with E-state index in [1.54, 1.807) is 6.08 Å². The predicted molar refractivity (Wildman–Crippen MR) is 61.9 cm³/mol. The molecule has 0 heterocycles. The van der Waals surface area contributed by atoms with Gasteiger partial charge in [0.15, 0.2) is 0 Å². The van der Waals surface area contributed by atoms with E-state index in [1.807, 2.05) is 26.0 Å². The van der Waals surface area contributed by atoms with E-state index in [-0.39, 0.29) is 12.0 Å². The van der Waals surface area contributed by atoms with Crippen molar-refractivity contribution in [3.63, 3.8) is 0 Å². The summed E-state index contributed by atoms with van der Waals surface area (Å²) in [6.07, 6.45) is 8.43. The van der Waals surface area contributed by atoms with Gasteiger partial charge in [-0.25, -0.2) is 5.53 Å². The topological polar surface area (TPSA) is 53.3 Å². The van der Waals surface area contributed by atoms with E-state index in [0.29, 0.717) is 0 Å². The number of rotatable bonds is 7. The molecule has 0 rings (SSSR count). The first kappa shape index (κ1) is 13.5. The molecule has 3 nitrogen and oxygen atoms in total. The minimum absolute atomic E-state index is 0.0172. The Morgan fingerprint density at radius 3 is 2.67 bits per heavy atom. The summed E-state index contributed by atoms with van der Waals surface area (Å²) < 4.78 is 0. The first-order chi connectivity index (χ1) is 7.19. The molecule has 0 aromatic carbocycles. The van der Waals surface area contributed by atoms with Crippen LogP contribution >= 0.6 is 0 Å². The van der Waals surface area contributed by atoms with Gasteiger partial charge in [-0.1, -0.05) is 38.7 Å². The fourth-order valence-electron chi connectivity index (χ4n) is 1.24. The second kappa shape index (κ2) is 7.85. The van der Waals surface area contributed by atoms with E-state index in [0.717, 1.165) is 18.3 Å². The molecule has 0 spiro atoms. The molecule has 0 radical (unpaired) electrons. The van der Waals surface area contributed by atoms with Gasteiger partial charge in [-0.15, -0.1) is 0 Å². The highest BCUT2D eigenvalue weighted by molar-refractivity contribution is 5.68. The summed E-state index contributed by atoms with van der Waals surface area (Å²) in [5, 5.41) is 3.54. The molecule has 15 heavy (non-hydrogen) atoms. The standard InChI is InChI=1S/C12H18N2O/c1-4-11(8-9-15)7-6-10(3)12(5-2)14-13/h4,6-10,12-13H,1,5H2,2-3H3/b7-6-,11-8+,14-13?. The molecule has 3 heteroatoms. The van der Waals surface area contributed by atoms with Crippen molar-refractivity contribution in [1.29, 1.82) is 5.53 Å². The lowest BCUT2D eigenvalue weighted by Gasteiger charge is -2.12. The van der Waals surface area contributed by atoms with Gasteiger partial charge >= 0.3 is 0 Å². The molecule has 1 N–H and O–H groups in total. The molecule has 2 unspecified atom stereocenters. The Morgan fingerprint density at radius 1 is 1.60 bits per heavy atom. The summed E-state index contributed by atoms with van der Waals surface area (Å²) in [4.78, 5) is 10.3. The summed E-state index contributed by atoms with van der Waals surface area (Å²) in [7, 11) is 0. The maximum atomic E-state index is 10.3. The summed E-state index contributed by atoms with van der Waals surface area (Å²) in [5.41, 5.74) is 7.78. The van der Waals surface area contributed by atoms with E-state index < -0.39 is 0 Å². The molecule has 0 amide bonds. The number of carbonyl (C=O) groups is 1. The molecular weight excluding hydrogens is 188 g/mol. The monoisotopic (exact) mass is 206 g/mol. The Hall–Kier alpha value is -1.51. The van der Waals surface area contributed by atoms with E-state index in [9.17, 15) is 4.79 Å². The number of nitrogens with one attached hydrogen (secondary N) is 1. The van der Waals surface area contributed by atoms with Crippen LogP contribution in [0.2, 0.25) is 0 Å². The zero-order valence-electron chi connectivity index (χ0n) is 9.31. The van der Waals surface area contributed by atoms with Gasteiger partial charge in [0.2, 0.25) is 0 Å². The van der Waals surface area contributed by atoms with Gasteiger partial charge in [-0.05, 0) is 24.0 Å². The summed E-state index contributed by atoms with van der Waals surface area (Å²) in [6.45, 7) is 7.61. The first-order valence-electron chi connectivity index (χ1n) is 5.02. The van der Waals surface area contributed by atoms with Crippen LogP contribution in [0.15, 0.2) is 41.6 Å². The van der Waals surface area contributed by atoms with Crippen LogP contribution in [0, 0.1) is 11.4 Å². The molecule has 0 aromatic heterocycles. The quantitative estimate of drug-likeness (QED) is 0.295. The fraction of sp³-hybridized carbons (Fsp3) is 0.417.